The Kier molecular flexibility index (Phi) is 3.87. The smallest absolute Gasteiger partial charge is 0.162 e. The van der Waals surface area contributed by atoms with Gasteiger partial charge in [-0.05, 0) is 23.8 Å². The van der Waals surface area contributed by atoms with Crippen molar-refractivity contribution < 1.29 is 14.6 Å². The molecule has 0 saturated heterocycles. The molecule has 0 radical (unpaired) electrons. The zero-order valence-electron chi connectivity index (χ0n) is 10.5. The predicted octanol–water partition coefficient (Wildman–Crippen LogP) is 3.96. The van der Waals surface area contributed by atoms with Crippen LogP contribution in [-0.4, -0.2) is 18.3 Å². The van der Waals surface area contributed by atoms with Gasteiger partial charge in [0.1, 0.15) is 19.3 Å². The third-order valence-electron chi connectivity index (χ3n) is 3.14. The quantitative estimate of drug-likeness (QED) is 0.886. The van der Waals surface area contributed by atoms with Crippen molar-refractivity contribution in [2.75, 3.05) is 13.2 Å². The molecule has 2 aromatic carbocycles. The van der Waals surface area contributed by atoms with Gasteiger partial charge in [0.15, 0.2) is 11.5 Å². The topological polar surface area (TPSA) is 38.7 Å². The average Bonchev–Trinajstić information content (AvgIpc) is 2.46. The van der Waals surface area contributed by atoms with Crippen LogP contribution in [0.1, 0.15) is 17.2 Å². The maximum Gasteiger partial charge on any atom is 0.162 e. The van der Waals surface area contributed by atoms with E-state index in [1.165, 1.54) is 0 Å². The summed E-state index contributed by atoms with van der Waals surface area (Å²) in [6.07, 6.45) is -0.800. The molecule has 1 unspecified atom stereocenters. The Bertz CT molecular complexity index is 628. The molecule has 0 spiro atoms. The Balaban J connectivity index is 1.98. The Morgan fingerprint density at radius 2 is 1.65 bits per heavy atom. The number of rotatable bonds is 2. The molecular weight excluding hydrogens is 344 g/mol. The highest BCUT2D eigenvalue weighted by molar-refractivity contribution is 9.10. The lowest BCUT2D eigenvalue weighted by atomic mass is 10.0. The number of ether oxygens (including phenoxy) is 2. The third kappa shape index (κ3) is 2.64. The van der Waals surface area contributed by atoms with Crippen molar-refractivity contribution in [2.24, 2.45) is 0 Å². The van der Waals surface area contributed by atoms with Crippen molar-refractivity contribution in [3.8, 4) is 11.5 Å². The van der Waals surface area contributed by atoms with Crippen molar-refractivity contribution in [3.63, 3.8) is 0 Å². The highest BCUT2D eigenvalue weighted by atomic mass is 79.9. The molecule has 0 fully saturated rings. The Labute approximate surface area is 130 Å². The van der Waals surface area contributed by atoms with Crippen molar-refractivity contribution >= 4 is 27.5 Å². The van der Waals surface area contributed by atoms with E-state index >= 15 is 0 Å². The number of halogens is 2. The van der Waals surface area contributed by atoms with E-state index in [0.29, 0.717) is 35.3 Å². The Morgan fingerprint density at radius 1 is 1.05 bits per heavy atom. The Hall–Kier alpha value is -1.23. The molecule has 1 N–H and O–H groups in total. The zero-order valence-corrected chi connectivity index (χ0v) is 12.8. The number of fused-ring (bicyclic) bond motifs is 1. The van der Waals surface area contributed by atoms with E-state index in [9.17, 15) is 5.11 Å². The van der Waals surface area contributed by atoms with Crippen molar-refractivity contribution in [1.29, 1.82) is 0 Å². The second kappa shape index (κ2) is 5.64. The van der Waals surface area contributed by atoms with Crippen LogP contribution in [0, 0.1) is 0 Å². The average molecular weight is 356 g/mol. The fraction of sp³-hybridized carbons (Fsp3) is 0.200. The molecule has 1 heterocycles. The fourth-order valence-electron chi connectivity index (χ4n) is 2.11. The van der Waals surface area contributed by atoms with Crippen LogP contribution in [0.4, 0.5) is 0 Å². The van der Waals surface area contributed by atoms with Crippen molar-refractivity contribution in [3.05, 3.63) is 57.0 Å². The molecule has 0 aromatic heterocycles. The van der Waals surface area contributed by atoms with Crippen LogP contribution in [0.2, 0.25) is 5.02 Å². The number of aliphatic hydroxyl groups excluding tert-OH is 1. The molecule has 20 heavy (non-hydrogen) atoms. The van der Waals surface area contributed by atoms with Gasteiger partial charge in [-0.2, -0.15) is 0 Å². The van der Waals surface area contributed by atoms with Crippen molar-refractivity contribution in [2.45, 2.75) is 6.10 Å². The molecule has 2 aromatic rings. The molecule has 0 saturated carbocycles. The first-order chi connectivity index (χ1) is 9.65. The minimum atomic E-state index is -0.800. The summed E-state index contributed by atoms with van der Waals surface area (Å²) in [6, 6.07) is 10.9. The summed E-state index contributed by atoms with van der Waals surface area (Å²) in [5.74, 6) is 1.24. The second-order valence-corrected chi connectivity index (χ2v) is 5.79. The minimum absolute atomic E-state index is 0.463. The molecule has 0 aliphatic carbocycles. The van der Waals surface area contributed by atoms with E-state index in [-0.39, 0.29) is 0 Å². The molecule has 5 heteroatoms. The largest absolute Gasteiger partial charge is 0.486 e. The van der Waals surface area contributed by atoms with Gasteiger partial charge in [-0.15, -0.1) is 0 Å². The monoisotopic (exact) mass is 354 g/mol. The molecule has 3 nitrogen and oxygen atoms in total. The van der Waals surface area contributed by atoms with Gasteiger partial charge >= 0.3 is 0 Å². The van der Waals surface area contributed by atoms with Gasteiger partial charge < -0.3 is 14.6 Å². The molecular formula is C15H12BrClO3. The van der Waals surface area contributed by atoms with Crippen molar-refractivity contribution in [1.82, 2.24) is 0 Å². The molecule has 0 amide bonds. The highest BCUT2D eigenvalue weighted by Gasteiger charge is 2.20. The summed E-state index contributed by atoms with van der Waals surface area (Å²) in [6.45, 7) is 1.01. The SMILES string of the molecule is OC(c1ccc(Br)cc1)c1cc2c(cc1Cl)OCCO2. The molecule has 1 atom stereocenters. The molecule has 1 aliphatic rings. The second-order valence-electron chi connectivity index (χ2n) is 4.47. The first-order valence-corrected chi connectivity index (χ1v) is 7.35. The van der Waals surface area contributed by atoms with Crippen LogP contribution in [0.5, 0.6) is 11.5 Å². The first-order valence-electron chi connectivity index (χ1n) is 6.18. The zero-order chi connectivity index (χ0) is 14.1. The van der Waals surface area contributed by atoms with E-state index < -0.39 is 6.10 Å². The summed E-state index contributed by atoms with van der Waals surface area (Å²) in [5, 5.41) is 10.9. The fourth-order valence-corrected chi connectivity index (χ4v) is 2.64. The Morgan fingerprint density at radius 3 is 2.30 bits per heavy atom. The molecule has 104 valence electrons. The molecule has 1 aliphatic heterocycles. The highest BCUT2D eigenvalue weighted by Crippen LogP contribution is 2.39. The molecule has 3 rings (SSSR count). The van der Waals surface area contributed by atoms with Gasteiger partial charge in [0.2, 0.25) is 0 Å². The van der Waals surface area contributed by atoms with Crippen LogP contribution in [0.3, 0.4) is 0 Å². The van der Waals surface area contributed by atoms with Gasteiger partial charge in [0.25, 0.3) is 0 Å². The van der Waals surface area contributed by atoms with E-state index in [0.717, 1.165) is 10.0 Å². The van der Waals surface area contributed by atoms with E-state index in [1.54, 1.807) is 12.1 Å². The van der Waals surface area contributed by atoms with Gasteiger partial charge in [-0.25, -0.2) is 0 Å². The van der Waals surface area contributed by atoms with Gasteiger partial charge in [-0.3, -0.25) is 0 Å². The van der Waals surface area contributed by atoms with Crippen LogP contribution in [0.15, 0.2) is 40.9 Å². The van der Waals surface area contributed by atoms with Crippen LogP contribution < -0.4 is 9.47 Å². The van der Waals surface area contributed by atoms with E-state index in [1.807, 2.05) is 24.3 Å². The first kappa shape index (κ1) is 13.7. The van der Waals surface area contributed by atoms with E-state index in [4.69, 9.17) is 21.1 Å². The summed E-state index contributed by atoms with van der Waals surface area (Å²) in [7, 11) is 0. The number of hydrogen-bond acceptors (Lipinski definition) is 3. The lowest BCUT2D eigenvalue weighted by Crippen LogP contribution is -2.16. The summed E-state index contributed by atoms with van der Waals surface area (Å²) in [4.78, 5) is 0. The number of benzene rings is 2. The van der Waals surface area contributed by atoms with Crippen LogP contribution >= 0.6 is 27.5 Å². The normalized spacial score (nSPS) is 14.9. The van der Waals surface area contributed by atoms with Crippen LogP contribution in [0.25, 0.3) is 0 Å². The summed E-state index contributed by atoms with van der Waals surface area (Å²) >= 11 is 9.60. The third-order valence-corrected chi connectivity index (χ3v) is 4.00. The standard InChI is InChI=1S/C15H12BrClO3/c16-10-3-1-9(2-4-10)15(18)11-7-13-14(8-12(11)17)20-6-5-19-13/h1-4,7-8,15,18H,5-6H2. The van der Waals surface area contributed by atoms with Gasteiger partial charge in [0.05, 0.1) is 5.02 Å². The minimum Gasteiger partial charge on any atom is -0.486 e. The number of aliphatic hydroxyl groups is 1. The van der Waals surface area contributed by atoms with Gasteiger partial charge in [-0.1, -0.05) is 39.7 Å². The maximum absolute atomic E-state index is 10.5. The summed E-state index contributed by atoms with van der Waals surface area (Å²) in [5.41, 5.74) is 1.38. The lowest BCUT2D eigenvalue weighted by molar-refractivity contribution is 0.169. The molecule has 0 bridgehead atoms. The lowest BCUT2D eigenvalue weighted by Gasteiger charge is -2.21. The van der Waals surface area contributed by atoms with Crippen LogP contribution in [-0.2, 0) is 0 Å². The van der Waals surface area contributed by atoms with Gasteiger partial charge in [0, 0.05) is 16.1 Å². The van der Waals surface area contributed by atoms with E-state index in [2.05, 4.69) is 15.9 Å². The predicted molar refractivity (Wildman–Crippen MR) is 80.6 cm³/mol. The maximum atomic E-state index is 10.5. The number of hydrogen-bond donors (Lipinski definition) is 1. The summed E-state index contributed by atoms with van der Waals surface area (Å²) < 4.78 is 11.9.